The van der Waals surface area contributed by atoms with Crippen LogP contribution in [0.15, 0.2) is 11.6 Å². The maximum absolute atomic E-state index is 10.3. The number of nitrogens with one attached hydrogen (secondary N) is 1. The highest BCUT2D eigenvalue weighted by molar-refractivity contribution is 6.01. The van der Waals surface area contributed by atoms with Crippen molar-refractivity contribution < 1.29 is 14.7 Å². The molecule has 4 nitrogen and oxygen atoms in total. The van der Waals surface area contributed by atoms with Crippen LogP contribution in [0.5, 0.6) is 0 Å². The van der Waals surface area contributed by atoms with E-state index >= 15 is 0 Å². The lowest BCUT2D eigenvalue weighted by molar-refractivity contribution is -0.132. The highest BCUT2D eigenvalue weighted by Crippen LogP contribution is 1.98. The van der Waals surface area contributed by atoms with Gasteiger partial charge in [0.05, 0.1) is 12.1 Å². The fraction of sp³-hybridized carbons (Fsp3) is 0.200. The first-order valence-corrected chi connectivity index (χ1v) is 2.42. The van der Waals surface area contributed by atoms with Gasteiger partial charge in [-0.2, -0.15) is 0 Å². The van der Waals surface area contributed by atoms with Crippen molar-refractivity contribution in [3.05, 3.63) is 11.6 Å². The summed E-state index contributed by atoms with van der Waals surface area (Å²) in [6, 6.07) is 0. The lowest BCUT2D eigenvalue weighted by atomic mass is 10.3. The smallest absolute Gasteiger partial charge is 0.333 e. The molecule has 1 aliphatic heterocycles. The first kappa shape index (κ1) is 5.81. The second-order valence-corrected chi connectivity index (χ2v) is 1.69. The maximum Gasteiger partial charge on any atom is 0.333 e. The van der Waals surface area contributed by atoms with Crippen LogP contribution in [-0.4, -0.2) is 23.5 Å². The standard InChI is InChI=1S/C5H5NO3/c7-4-1-3(2-6-4)5(8)9/h1H,2H2,(H,6,7)(H,8,9). The van der Waals surface area contributed by atoms with Crippen molar-refractivity contribution in [1.29, 1.82) is 0 Å². The van der Waals surface area contributed by atoms with Crippen LogP contribution in [0, 0.1) is 0 Å². The van der Waals surface area contributed by atoms with Gasteiger partial charge in [0, 0.05) is 6.08 Å². The van der Waals surface area contributed by atoms with Crippen molar-refractivity contribution in [2.24, 2.45) is 0 Å². The summed E-state index contributed by atoms with van der Waals surface area (Å²) in [7, 11) is 0. The molecule has 1 rings (SSSR count). The van der Waals surface area contributed by atoms with E-state index in [9.17, 15) is 9.59 Å². The Kier molecular flexibility index (Phi) is 1.22. The summed E-state index contributed by atoms with van der Waals surface area (Å²) in [4.78, 5) is 20.4. The summed E-state index contributed by atoms with van der Waals surface area (Å²) < 4.78 is 0. The minimum absolute atomic E-state index is 0.125. The van der Waals surface area contributed by atoms with Crippen LogP contribution >= 0.6 is 0 Å². The Labute approximate surface area is 51.2 Å². The van der Waals surface area contributed by atoms with Gasteiger partial charge in [-0.25, -0.2) is 4.79 Å². The molecule has 0 fully saturated rings. The Morgan fingerprint density at radius 2 is 2.44 bits per heavy atom. The van der Waals surface area contributed by atoms with E-state index in [2.05, 4.69) is 5.32 Å². The molecule has 0 saturated heterocycles. The average molecular weight is 127 g/mol. The van der Waals surface area contributed by atoms with Crippen LogP contribution in [0.3, 0.4) is 0 Å². The lowest BCUT2D eigenvalue weighted by Crippen LogP contribution is -2.16. The first-order chi connectivity index (χ1) is 4.20. The predicted octanol–water partition coefficient (Wildman–Crippen LogP) is -0.873. The number of carboxylic acid groups (broad SMARTS) is 1. The largest absolute Gasteiger partial charge is 0.478 e. The zero-order valence-electron chi connectivity index (χ0n) is 4.55. The molecule has 0 spiro atoms. The van der Waals surface area contributed by atoms with E-state index in [1.54, 1.807) is 0 Å². The van der Waals surface area contributed by atoms with E-state index in [0.717, 1.165) is 6.08 Å². The highest BCUT2D eigenvalue weighted by Gasteiger charge is 2.15. The first-order valence-electron chi connectivity index (χ1n) is 2.42. The van der Waals surface area contributed by atoms with Gasteiger partial charge in [-0.15, -0.1) is 0 Å². The van der Waals surface area contributed by atoms with Gasteiger partial charge in [0.2, 0.25) is 5.91 Å². The molecular formula is C5H5NO3. The van der Waals surface area contributed by atoms with E-state index in [1.165, 1.54) is 0 Å². The molecule has 0 unspecified atom stereocenters. The summed E-state index contributed by atoms with van der Waals surface area (Å²) in [5.74, 6) is -1.36. The molecule has 0 radical (unpaired) electrons. The fourth-order valence-corrected chi connectivity index (χ4v) is 0.580. The van der Waals surface area contributed by atoms with E-state index < -0.39 is 5.97 Å². The summed E-state index contributed by atoms with van der Waals surface area (Å²) in [6.45, 7) is 0.147. The summed E-state index contributed by atoms with van der Waals surface area (Å²) in [6.07, 6.45) is 1.09. The van der Waals surface area contributed by atoms with Crippen molar-refractivity contribution in [2.75, 3.05) is 6.54 Å². The molecular weight excluding hydrogens is 122 g/mol. The van der Waals surface area contributed by atoms with Crippen LogP contribution < -0.4 is 5.32 Å². The van der Waals surface area contributed by atoms with Crippen LogP contribution in [0.2, 0.25) is 0 Å². The summed E-state index contributed by atoms with van der Waals surface area (Å²) in [5.41, 5.74) is 0.125. The zero-order chi connectivity index (χ0) is 6.85. The topological polar surface area (TPSA) is 66.4 Å². The number of hydrogen-bond acceptors (Lipinski definition) is 2. The van der Waals surface area contributed by atoms with Crippen LogP contribution in [0.1, 0.15) is 0 Å². The molecule has 1 heterocycles. The Morgan fingerprint density at radius 1 is 1.78 bits per heavy atom. The molecule has 0 aromatic carbocycles. The quantitative estimate of drug-likeness (QED) is 0.481. The number of aliphatic carboxylic acids is 1. The highest BCUT2D eigenvalue weighted by atomic mass is 16.4. The van der Waals surface area contributed by atoms with Crippen LogP contribution in [-0.2, 0) is 9.59 Å². The van der Waals surface area contributed by atoms with E-state index in [0.29, 0.717) is 0 Å². The van der Waals surface area contributed by atoms with Gasteiger partial charge in [-0.1, -0.05) is 0 Å². The van der Waals surface area contributed by atoms with Crippen molar-refractivity contribution in [3.8, 4) is 0 Å². The fourth-order valence-electron chi connectivity index (χ4n) is 0.580. The normalized spacial score (nSPS) is 16.9. The number of carboxylic acids is 1. The number of hydrogen-bond donors (Lipinski definition) is 2. The van der Waals surface area contributed by atoms with Gasteiger partial charge in [-0.3, -0.25) is 4.79 Å². The molecule has 0 atom stereocenters. The van der Waals surface area contributed by atoms with Crippen LogP contribution in [0.4, 0.5) is 0 Å². The lowest BCUT2D eigenvalue weighted by Gasteiger charge is -1.88. The van der Waals surface area contributed by atoms with Gasteiger partial charge in [0.25, 0.3) is 0 Å². The molecule has 0 aliphatic carbocycles. The Balaban J connectivity index is 2.74. The SMILES string of the molecule is O=C1C=C(C(=O)O)CN1. The third-order valence-electron chi connectivity index (χ3n) is 1.03. The second-order valence-electron chi connectivity index (χ2n) is 1.69. The number of carbonyl (C=O) groups is 2. The summed E-state index contributed by atoms with van der Waals surface area (Å²) in [5, 5.41) is 10.6. The van der Waals surface area contributed by atoms with Crippen molar-refractivity contribution in [1.82, 2.24) is 5.32 Å². The molecule has 48 valence electrons. The minimum atomic E-state index is -1.03. The Bertz CT molecular complexity index is 194. The average Bonchev–Trinajstić information content (AvgIpc) is 2.14. The molecule has 4 heteroatoms. The van der Waals surface area contributed by atoms with E-state index in [1.807, 2.05) is 0 Å². The number of amides is 1. The van der Waals surface area contributed by atoms with Gasteiger partial charge >= 0.3 is 5.97 Å². The molecule has 0 bridgehead atoms. The van der Waals surface area contributed by atoms with E-state index in [-0.39, 0.29) is 18.0 Å². The van der Waals surface area contributed by atoms with E-state index in [4.69, 9.17) is 5.11 Å². The monoisotopic (exact) mass is 127 g/mol. The molecule has 9 heavy (non-hydrogen) atoms. The van der Waals surface area contributed by atoms with Gasteiger partial charge in [0.1, 0.15) is 0 Å². The number of rotatable bonds is 1. The van der Waals surface area contributed by atoms with Crippen molar-refractivity contribution >= 4 is 11.9 Å². The maximum atomic E-state index is 10.3. The second kappa shape index (κ2) is 1.89. The third kappa shape index (κ3) is 1.07. The minimum Gasteiger partial charge on any atom is -0.478 e. The van der Waals surface area contributed by atoms with Crippen molar-refractivity contribution in [2.45, 2.75) is 0 Å². The molecule has 2 N–H and O–H groups in total. The predicted molar refractivity (Wildman–Crippen MR) is 28.7 cm³/mol. The molecule has 1 amide bonds. The van der Waals surface area contributed by atoms with Gasteiger partial charge in [-0.05, 0) is 0 Å². The zero-order valence-corrected chi connectivity index (χ0v) is 4.55. The van der Waals surface area contributed by atoms with Crippen molar-refractivity contribution in [3.63, 3.8) is 0 Å². The molecule has 0 aromatic heterocycles. The third-order valence-corrected chi connectivity index (χ3v) is 1.03. The molecule has 0 saturated carbocycles. The van der Waals surface area contributed by atoms with Gasteiger partial charge < -0.3 is 10.4 Å². The number of carbonyl (C=O) groups excluding carboxylic acids is 1. The van der Waals surface area contributed by atoms with Crippen LogP contribution in [0.25, 0.3) is 0 Å². The Hall–Kier alpha value is -1.32. The molecule has 1 aliphatic rings. The Morgan fingerprint density at radius 3 is 2.67 bits per heavy atom. The van der Waals surface area contributed by atoms with Gasteiger partial charge in [0.15, 0.2) is 0 Å². The molecule has 0 aromatic rings. The summed E-state index contributed by atoms with van der Waals surface area (Å²) >= 11 is 0.